The van der Waals surface area contributed by atoms with Crippen molar-refractivity contribution in [2.45, 2.75) is 38.2 Å². The van der Waals surface area contributed by atoms with E-state index in [-0.39, 0.29) is 6.10 Å². The van der Waals surface area contributed by atoms with Gasteiger partial charge in [0.2, 0.25) is 0 Å². The lowest BCUT2D eigenvalue weighted by Crippen LogP contribution is -2.47. The monoisotopic (exact) mass is 268 g/mol. The maximum absolute atomic E-state index is 11.4. The molecule has 0 aromatic carbocycles. The Labute approximate surface area is 110 Å². The molecule has 0 aliphatic heterocycles. The van der Waals surface area contributed by atoms with E-state index in [0.717, 1.165) is 25.0 Å². The van der Waals surface area contributed by atoms with E-state index in [4.69, 9.17) is 9.84 Å². The van der Waals surface area contributed by atoms with Crippen LogP contribution in [0.5, 0.6) is 0 Å². The second-order valence-corrected chi connectivity index (χ2v) is 5.16. The van der Waals surface area contributed by atoms with E-state index in [1.807, 2.05) is 0 Å². The van der Waals surface area contributed by atoms with Gasteiger partial charge in [-0.25, -0.2) is 14.4 Å². The summed E-state index contributed by atoms with van der Waals surface area (Å²) in [4.78, 5) is 32.5. The van der Waals surface area contributed by atoms with E-state index in [1.165, 1.54) is 19.3 Å². The summed E-state index contributed by atoms with van der Waals surface area (Å²) in [6, 6.07) is 0. The van der Waals surface area contributed by atoms with Gasteiger partial charge in [-0.2, -0.15) is 0 Å². The molecular formula is C13H16O6. The third-order valence-corrected chi connectivity index (χ3v) is 3.71. The molecule has 0 saturated heterocycles. The highest BCUT2D eigenvalue weighted by molar-refractivity contribution is 5.92. The Hall–Kier alpha value is -1.85. The maximum Gasteiger partial charge on any atom is 0.341 e. The zero-order chi connectivity index (χ0) is 13.9. The minimum Gasteiger partial charge on any atom is -0.479 e. The molecule has 2 rings (SSSR count). The van der Waals surface area contributed by atoms with Crippen LogP contribution in [0.1, 0.15) is 32.1 Å². The van der Waals surface area contributed by atoms with Crippen LogP contribution < -0.4 is 0 Å². The quantitative estimate of drug-likeness (QED) is 0.592. The molecule has 1 spiro atoms. The third kappa shape index (κ3) is 3.56. The number of rotatable bonds is 5. The van der Waals surface area contributed by atoms with Crippen LogP contribution in [0.25, 0.3) is 0 Å². The molecule has 2 aliphatic rings. The molecule has 0 aromatic rings. The van der Waals surface area contributed by atoms with Crippen LogP contribution in [0.2, 0.25) is 0 Å². The summed E-state index contributed by atoms with van der Waals surface area (Å²) in [6.07, 6.45) is 7.32. The number of carbonyl (C=O) groups excluding carboxylic acids is 2. The first-order valence-electron chi connectivity index (χ1n) is 6.26. The van der Waals surface area contributed by atoms with E-state index in [1.54, 1.807) is 0 Å². The molecule has 0 radical (unpaired) electrons. The minimum atomic E-state index is -1.25. The van der Waals surface area contributed by atoms with Crippen LogP contribution in [-0.2, 0) is 23.9 Å². The van der Waals surface area contributed by atoms with Crippen molar-refractivity contribution in [2.75, 3.05) is 6.61 Å². The van der Waals surface area contributed by atoms with Gasteiger partial charge in [0.05, 0.1) is 0 Å². The van der Waals surface area contributed by atoms with Gasteiger partial charge >= 0.3 is 17.9 Å². The Balaban J connectivity index is 1.64. The largest absolute Gasteiger partial charge is 0.479 e. The third-order valence-electron chi connectivity index (χ3n) is 3.71. The van der Waals surface area contributed by atoms with Crippen molar-refractivity contribution in [3.63, 3.8) is 0 Å². The highest BCUT2D eigenvalue weighted by Gasteiger charge is 2.49. The fourth-order valence-corrected chi connectivity index (χ4v) is 2.60. The topological polar surface area (TPSA) is 89.9 Å². The van der Waals surface area contributed by atoms with Crippen molar-refractivity contribution in [1.82, 2.24) is 0 Å². The zero-order valence-corrected chi connectivity index (χ0v) is 10.5. The highest BCUT2D eigenvalue weighted by Crippen LogP contribution is 2.56. The Kier molecular flexibility index (Phi) is 3.87. The summed E-state index contributed by atoms with van der Waals surface area (Å²) >= 11 is 0. The predicted molar refractivity (Wildman–Crippen MR) is 63.1 cm³/mol. The van der Waals surface area contributed by atoms with E-state index < -0.39 is 24.5 Å². The second kappa shape index (κ2) is 5.42. The van der Waals surface area contributed by atoms with Gasteiger partial charge in [0, 0.05) is 12.2 Å². The molecule has 0 aromatic heterocycles. The Morgan fingerprint density at radius 2 is 1.79 bits per heavy atom. The molecule has 2 aliphatic carbocycles. The summed E-state index contributed by atoms with van der Waals surface area (Å²) in [7, 11) is 0. The van der Waals surface area contributed by atoms with Crippen LogP contribution in [0, 0.1) is 5.41 Å². The van der Waals surface area contributed by atoms with Crippen molar-refractivity contribution in [2.24, 2.45) is 5.41 Å². The van der Waals surface area contributed by atoms with Gasteiger partial charge in [-0.3, -0.25) is 0 Å². The Bertz CT molecular complexity index is 413. The Morgan fingerprint density at radius 1 is 1.16 bits per heavy atom. The van der Waals surface area contributed by atoms with Crippen LogP contribution in [-0.4, -0.2) is 35.7 Å². The van der Waals surface area contributed by atoms with Crippen molar-refractivity contribution >= 4 is 17.9 Å². The van der Waals surface area contributed by atoms with Gasteiger partial charge < -0.3 is 14.6 Å². The molecule has 6 heteroatoms. The summed E-state index contributed by atoms with van der Waals surface area (Å²) in [6.45, 7) is -0.719. The van der Waals surface area contributed by atoms with Crippen LogP contribution in [0.3, 0.4) is 0 Å². The lowest BCUT2D eigenvalue weighted by Gasteiger charge is -2.53. The molecule has 0 atom stereocenters. The summed E-state index contributed by atoms with van der Waals surface area (Å²) in [5, 5.41) is 8.28. The number of carbonyl (C=O) groups is 3. The number of hydrogen-bond acceptors (Lipinski definition) is 5. The normalized spacial score (nSPS) is 20.6. The molecule has 1 N–H and O–H groups in total. The first-order valence-corrected chi connectivity index (χ1v) is 6.26. The first-order chi connectivity index (χ1) is 8.99. The van der Waals surface area contributed by atoms with Crippen molar-refractivity contribution in [3.8, 4) is 0 Å². The van der Waals surface area contributed by atoms with Crippen molar-refractivity contribution in [3.05, 3.63) is 12.2 Å². The van der Waals surface area contributed by atoms with Crippen LogP contribution in [0.15, 0.2) is 12.2 Å². The van der Waals surface area contributed by atoms with Gasteiger partial charge in [0.1, 0.15) is 6.10 Å². The number of carboxylic acids is 1. The molecule has 19 heavy (non-hydrogen) atoms. The Morgan fingerprint density at radius 3 is 2.32 bits per heavy atom. The van der Waals surface area contributed by atoms with E-state index >= 15 is 0 Å². The average Bonchev–Trinajstić information content (AvgIpc) is 2.25. The van der Waals surface area contributed by atoms with E-state index in [9.17, 15) is 14.4 Å². The van der Waals surface area contributed by atoms with Gasteiger partial charge in [0.15, 0.2) is 6.61 Å². The van der Waals surface area contributed by atoms with Crippen molar-refractivity contribution in [1.29, 1.82) is 0 Å². The highest BCUT2D eigenvalue weighted by atomic mass is 16.6. The molecule has 2 saturated carbocycles. The predicted octanol–water partition coefficient (Wildman–Crippen LogP) is 1.05. The van der Waals surface area contributed by atoms with Gasteiger partial charge in [-0.1, -0.05) is 6.42 Å². The number of ether oxygens (including phenoxy) is 2. The number of esters is 2. The molecule has 6 nitrogen and oxygen atoms in total. The molecular weight excluding hydrogens is 252 g/mol. The van der Waals surface area contributed by atoms with Crippen LogP contribution in [0.4, 0.5) is 0 Å². The minimum absolute atomic E-state index is 0.0486. The standard InChI is InChI=1S/C13H16O6/c14-10(15)8-18-11(16)2-3-12(17)19-9-6-13(7-9)4-1-5-13/h2-3,9H,1,4-8H2,(H,14,15)/b3-2+. The second-order valence-electron chi connectivity index (χ2n) is 5.16. The zero-order valence-electron chi connectivity index (χ0n) is 10.5. The molecule has 2 fully saturated rings. The van der Waals surface area contributed by atoms with Gasteiger partial charge in [-0.15, -0.1) is 0 Å². The van der Waals surface area contributed by atoms with Gasteiger partial charge in [-0.05, 0) is 31.1 Å². The lowest BCUT2D eigenvalue weighted by atomic mass is 9.55. The fourth-order valence-electron chi connectivity index (χ4n) is 2.60. The summed E-state index contributed by atoms with van der Waals surface area (Å²) in [5.41, 5.74) is 0.426. The molecule has 0 heterocycles. The van der Waals surface area contributed by atoms with E-state index in [2.05, 4.69) is 4.74 Å². The molecule has 0 unspecified atom stereocenters. The van der Waals surface area contributed by atoms with Gasteiger partial charge in [0.25, 0.3) is 0 Å². The number of hydrogen-bond donors (Lipinski definition) is 1. The SMILES string of the molecule is O=C(O)COC(=O)/C=C/C(=O)OC1CC2(CCC2)C1. The summed E-state index contributed by atoms with van der Waals surface area (Å²) < 4.78 is 9.47. The van der Waals surface area contributed by atoms with Crippen LogP contribution >= 0.6 is 0 Å². The van der Waals surface area contributed by atoms with Crippen molar-refractivity contribution < 1.29 is 29.0 Å². The molecule has 0 bridgehead atoms. The first kappa shape index (κ1) is 13.6. The maximum atomic E-state index is 11.4. The number of aliphatic carboxylic acids is 1. The average molecular weight is 268 g/mol. The number of carboxylic acid groups (broad SMARTS) is 1. The fraction of sp³-hybridized carbons (Fsp3) is 0.615. The smallest absolute Gasteiger partial charge is 0.341 e. The lowest BCUT2D eigenvalue weighted by molar-refractivity contribution is -0.162. The summed E-state index contributed by atoms with van der Waals surface area (Å²) in [5.74, 6) is -2.71. The van der Waals surface area contributed by atoms with E-state index in [0.29, 0.717) is 5.41 Å². The molecule has 104 valence electrons. The molecule has 0 amide bonds.